The molecule has 2 aliphatic heterocycles. The molecule has 0 bridgehead atoms. The maximum absolute atomic E-state index is 12.5. The fraction of sp³-hybridized carbons (Fsp3) is 0.615. The molecule has 0 aromatic carbocycles. The first kappa shape index (κ1) is 12.3. The second kappa shape index (κ2) is 4.77. The number of fused-ring (bicyclic) bond motifs is 1. The van der Waals surface area contributed by atoms with Crippen molar-refractivity contribution in [3.63, 3.8) is 0 Å². The van der Waals surface area contributed by atoms with E-state index in [-0.39, 0.29) is 11.9 Å². The highest BCUT2D eigenvalue weighted by molar-refractivity contribution is 5.95. The van der Waals surface area contributed by atoms with Crippen LogP contribution in [0.5, 0.6) is 0 Å². The first-order valence-corrected chi connectivity index (χ1v) is 6.77. The van der Waals surface area contributed by atoms with Gasteiger partial charge in [-0.1, -0.05) is 0 Å². The summed E-state index contributed by atoms with van der Waals surface area (Å²) in [5.41, 5.74) is 6.75. The van der Waals surface area contributed by atoms with Gasteiger partial charge in [-0.25, -0.2) is 9.97 Å². The Morgan fingerprint density at radius 2 is 2.26 bits per heavy atom. The third kappa shape index (κ3) is 2.28. The summed E-state index contributed by atoms with van der Waals surface area (Å²) >= 11 is 0. The highest BCUT2D eigenvalue weighted by Crippen LogP contribution is 2.22. The number of nitrogens with zero attached hydrogens (tertiary/aromatic N) is 4. The summed E-state index contributed by atoms with van der Waals surface area (Å²) in [5, 5.41) is 0. The van der Waals surface area contributed by atoms with Crippen LogP contribution < -0.4 is 5.73 Å². The Kier molecular flexibility index (Phi) is 3.10. The Labute approximate surface area is 112 Å². The van der Waals surface area contributed by atoms with Gasteiger partial charge in [0.1, 0.15) is 0 Å². The van der Waals surface area contributed by atoms with Crippen LogP contribution in [-0.4, -0.2) is 57.9 Å². The zero-order valence-electron chi connectivity index (χ0n) is 11.2. The van der Waals surface area contributed by atoms with Crippen LogP contribution in [0.3, 0.4) is 0 Å². The number of hydrogen-bond acceptors (Lipinski definition) is 5. The van der Waals surface area contributed by atoms with Crippen molar-refractivity contribution in [2.24, 2.45) is 0 Å². The average molecular weight is 261 g/mol. The number of carbonyl (C=O) groups is 1. The molecule has 2 fully saturated rings. The summed E-state index contributed by atoms with van der Waals surface area (Å²) in [6, 6.07) is 0.535. The lowest BCUT2D eigenvalue weighted by Gasteiger charge is -2.37. The number of carbonyl (C=O) groups excluding carboxylic acids is 1. The molecule has 0 saturated carbocycles. The van der Waals surface area contributed by atoms with Crippen LogP contribution in [0.1, 0.15) is 28.9 Å². The van der Waals surface area contributed by atoms with E-state index in [0.29, 0.717) is 17.3 Å². The van der Waals surface area contributed by atoms with Crippen molar-refractivity contribution in [3.8, 4) is 0 Å². The molecule has 1 aromatic rings. The monoisotopic (exact) mass is 261 g/mol. The van der Waals surface area contributed by atoms with Crippen molar-refractivity contribution < 1.29 is 4.79 Å². The zero-order chi connectivity index (χ0) is 13.4. The van der Waals surface area contributed by atoms with Gasteiger partial charge in [0, 0.05) is 31.9 Å². The predicted molar refractivity (Wildman–Crippen MR) is 71.7 cm³/mol. The van der Waals surface area contributed by atoms with E-state index in [4.69, 9.17) is 5.73 Å². The Morgan fingerprint density at radius 1 is 1.42 bits per heavy atom. The molecule has 0 aliphatic carbocycles. The summed E-state index contributed by atoms with van der Waals surface area (Å²) < 4.78 is 0. The molecule has 3 rings (SSSR count). The van der Waals surface area contributed by atoms with Crippen molar-refractivity contribution in [1.29, 1.82) is 0 Å². The molecule has 2 aliphatic rings. The molecule has 1 atom stereocenters. The minimum Gasteiger partial charge on any atom is -0.368 e. The number of nitrogen functional groups attached to an aromatic ring is 1. The van der Waals surface area contributed by atoms with Crippen LogP contribution >= 0.6 is 0 Å². The van der Waals surface area contributed by atoms with Gasteiger partial charge in [-0.2, -0.15) is 0 Å². The summed E-state index contributed by atoms with van der Waals surface area (Å²) in [7, 11) is 0. The van der Waals surface area contributed by atoms with E-state index >= 15 is 0 Å². The van der Waals surface area contributed by atoms with E-state index in [2.05, 4.69) is 14.9 Å². The molecule has 6 nitrogen and oxygen atoms in total. The molecule has 6 heteroatoms. The second-order valence-corrected chi connectivity index (χ2v) is 5.31. The van der Waals surface area contributed by atoms with Gasteiger partial charge in [0.05, 0.1) is 11.3 Å². The van der Waals surface area contributed by atoms with Gasteiger partial charge >= 0.3 is 0 Å². The van der Waals surface area contributed by atoms with Crippen LogP contribution in [0.4, 0.5) is 5.95 Å². The molecule has 2 N–H and O–H groups in total. The lowest BCUT2D eigenvalue weighted by molar-refractivity contribution is 0.0570. The first-order chi connectivity index (χ1) is 9.15. The van der Waals surface area contributed by atoms with Gasteiger partial charge in [-0.05, 0) is 26.3 Å². The number of rotatable bonds is 1. The third-order valence-electron chi connectivity index (χ3n) is 4.10. The summed E-state index contributed by atoms with van der Waals surface area (Å²) in [4.78, 5) is 24.9. The number of hydrogen-bond donors (Lipinski definition) is 1. The first-order valence-electron chi connectivity index (χ1n) is 6.77. The normalized spacial score (nSPS) is 23.4. The quantitative estimate of drug-likeness (QED) is 0.786. The standard InChI is InChI=1S/C13H19N5O/c1-9-11(7-15-13(14)16-9)12(19)18-6-5-17-4-2-3-10(17)8-18/h7,10H,2-6,8H2,1H3,(H2,14,15,16)/t10-/m0/s1. The number of amides is 1. The van der Waals surface area contributed by atoms with Crippen LogP contribution in [0.25, 0.3) is 0 Å². The molecule has 102 valence electrons. The predicted octanol–water partition coefficient (Wildman–Crippen LogP) is 0.287. The number of aryl methyl sites for hydroxylation is 1. The SMILES string of the molecule is Cc1nc(N)ncc1C(=O)N1CCN2CCC[C@H]2C1. The molecule has 1 aromatic heterocycles. The van der Waals surface area contributed by atoms with E-state index in [9.17, 15) is 4.79 Å². The fourth-order valence-electron chi connectivity index (χ4n) is 3.04. The van der Waals surface area contributed by atoms with Crippen molar-refractivity contribution in [2.45, 2.75) is 25.8 Å². The maximum Gasteiger partial charge on any atom is 0.257 e. The van der Waals surface area contributed by atoms with Crippen LogP contribution in [0.15, 0.2) is 6.20 Å². The van der Waals surface area contributed by atoms with E-state index < -0.39 is 0 Å². The van der Waals surface area contributed by atoms with Crippen LogP contribution in [0.2, 0.25) is 0 Å². The molecular weight excluding hydrogens is 242 g/mol. The van der Waals surface area contributed by atoms with E-state index in [0.717, 1.165) is 19.6 Å². The van der Waals surface area contributed by atoms with Gasteiger partial charge in [-0.3, -0.25) is 9.69 Å². The molecule has 19 heavy (non-hydrogen) atoms. The Morgan fingerprint density at radius 3 is 3.05 bits per heavy atom. The smallest absolute Gasteiger partial charge is 0.257 e. The Bertz CT molecular complexity index is 504. The molecule has 0 unspecified atom stereocenters. The van der Waals surface area contributed by atoms with Gasteiger partial charge in [0.15, 0.2) is 0 Å². The average Bonchev–Trinajstić information content (AvgIpc) is 2.85. The Hall–Kier alpha value is -1.69. The second-order valence-electron chi connectivity index (χ2n) is 5.31. The molecule has 1 amide bonds. The van der Waals surface area contributed by atoms with E-state index in [1.54, 1.807) is 13.1 Å². The third-order valence-corrected chi connectivity index (χ3v) is 4.10. The number of aromatic nitrogens is 2. The Balaban J connectivity index is 1.76. The van der Waals surface area contributed by atoms with Crippen LogP contribution in [0, 0.1) is 6.92 Å². The fourth-order valence-corrected chi connectivity index (χ4v) is 3.04. The van der Waals surface area contributed by atoms with Crippen molar-refractivity contribution in [1.82, 2.24) is 19.8 Å². The molecular formula is C13H19N5O. The topological polar surface area (TPSA) is 75.3 Å². The summed E-state index contributed by atoms with van der Waals surface area (Å²) in [6.45, 7) is 5.57. The lowest BCUT2D eigenvalue weighted by Crippen LogP contribution is -2.52. The molecule has 2 saturated heterocycles. The maximum atomic E-state index is 12.5. The highest BCUT2D eigenvalue weighted by atomic mass is 16.2. The van der Waals surface area contributed by atoms with Gasteiger partial charge in [0.25, 0.3) is 5.91 Å². The number of nitrogens with two attached hydrogens (primary N) is 1. The minimum atomic E-state index is 0.0315. The van der Waals surface area contributed by atoms with E-state index in [1.165, 1.54) is 19.4 Å². The van der Waals surface area contributed by atoms with Gasteiger partial charge in [0.2, 0.25) is 5.95 Å². The molecule has 3 heterocycles. The zero-order valence-corrected chi connectivity index (χ0v) is 11.2. The van der Waals surface area contributed by atoms with Crippen molar-refractivity contribution in [2.75, 3.05) is 31.9 Å². The lowest BCUT2D eigenvalue weighted by atomic mass is 10.1. The van der Waals surface area contributed by atoms with E-state index in [1.807, 2.05) is 4.90 Å². The highest BCUT2D eigenvalue weighted by Gasteiger charge is 2.33. The van der Waals surface area contributed by atoms with Crippen molar-refractivity contribution in [3.05, 3.63) is 17.5 Å². The largest absolute Gasteiger partial charge is 0.368 e. The van der Waals surface area contributed by atoms with Crippen LogP contribution in [-0.2, 0) is 0 Å². The summed E-state index contributed by atoms with van der Waals surface area (Å²) in [5.74, 6) is 0.249. The van der Waals surface area contributed by atoms with Gasteiger partial charge < -0.3 is 10.6 Å². The molecule has 0 radical (unpaired) electrons. The number of anilines is 1. The van der Waals surface area contributed by atoms with Gasteiger partial charge in [-0.15, -0.1) is 0 Å². The molecule has 0 spiro atoms. The number of piperazine rings is 1. The minimum absolute atomic E-state index is 0.0315. The van der Waals surface area contributed by atoms with Crippen molar-refractivity contribution >= 4 is 11.9 Å². The summed E-state index contributed by atoms with van der Waals surface area (Å²) in [6.07, 6.45) is 3.98.